The first kappa shape index (κ1) is 34.5. The molecule has 2 aromatic heterocycles. The minimum absolute atomic E-state index is 0.169. The van der Waals surface area contributed by atoms with Crippen molar-refractivity contribution in [1.29, 1.82) is 0 Å². The van der Waals surface area contributed by atoms with E-state index in [4.69, 9.17) is 5.10 Å². The summed E-state index contributed by atoms with van der Waals surface area (Å²) in [7, 11) is 0. The van der Waals surface area contributed by atoms with E-state index in [1.54, 1.807) is 6.20 Å². The van der Waals surface area contributed by atoms with Crippen molar-refractivity contribution in [3.8, 4) is 78.0 Å². The molecule has 0 amide bonds. The maximum absolute atomic E-state index is 4.86. The molecule has 1 aliphatic carbocycles. The van der Waals surface area contributed by atoms with Crippen molar-refractivity contribution >= 4 is 33.8 Å². The van der Waals surface area contributed by atoms with E-state index in [0.717, 1.165) is 56.6 Å². The molecule has 58 heavy (non-hydrogen) atoms. The summed E-state index contributed by atoms with van der Waals surface area (Å²) in [6, 6.07) is 62.3. The molecule has 2 heterocycles. The zero-order chi connectivity index (χ0) is 38.7. The molecule has 0 radical (unpaired) electrons. The van der Waals surface area contributed by atoms with Gasteiger partial charge in [-0.25, -0.2) is 0 Å². The van der Waals surface area contributed by atoms with Gasteiger partial charge in [-0.15, -0.1) is 0 Å². The third kappa shape index (κ3) is 5.52. The van der Waals surface area contributed by atoms with Crippen molar-refractivity contribution in [1.82, 2.24) is 15.4 Å². The van der Waals surface area contributed by atoms with Gasteiger partial charge in [-0.2, -0.15) is 0 Å². The SMILES string of the molecule is Cc1cc2c(c(-c3ccc4[se]c5ccccc5c4c3-c3ccc(-c4ccccc4)c(-c4ccccc4-c4ccccc4)c3-c3ccnnn3)c1C)Cc1ccccc1-2. The molecule has 0 N–H and O–H groups in total. The van der Waals surface area contributed by atoms with Crippen molar-refractivity contribution in [2.24, 2.45) is 0 Å². The van der Waals surface area contributed by atoms with Gasteiger partial charge in [0.1, 0.15) is 0 Å². The second-order valence-electron chi connectivity index (χ2n) is 15.2. The van der Waals surface area contributed by atoms with E-state index in [2.05, 4.69) is 188 Å². The van der Waals surface area contributed by atoms with E-state index in [-0.39, 0.29) is 14.5 Å². The van der Waals surface area contributed by atoms with Crippen LogP contribution in [0.1, 0.15) is 22.3 Å². The van der Waals surface area contributed by atoms with Crippen LogP contribution >= 0.6 is 0 Å². The Labute approximate surface area is 344 Å². The molecule has 0 bridgehead atoms. The quantitative estimate of drug-likeness (QED) is 0.157. The minimum atomic E-state index is 0.169. The molecule has 4 heteroatoms. The fourth-order valence-electron chi connectivity index (χ4n) is 9.35. The molecule has 0 atom stereocenters. The predicted octanol–water partition coefficient (Wildman–Crippen LogP) is 13.4. The summed E-state index contributed by atoms with van der Waals surface area (Å²) in [5.41, 5.74) is 21.8. The van der Waals surface area contributed by atoms with Crippen molar-refractivity contribution in [3.05, 3.63) is 198 Å². The zero-order valence-corrected chi connectivity index (χ0v) is 33.9. The number of hydrogen-bond donors (Lipinski definition) is 0. The first-order valence-corrected chi connectivity index (χ1v) is 21.5. The number of rotatable bonds is 6. The van der Waals surface area contributed by atoms with E-state index in [9.17, 15) is 0 Å². The summed E-state index contributed by atoms with van der Waals surface area (Å²) in [4.78, 5) is 0. The predicted molar refractivity (Wildman–Crippen MR) is 242 cm³/mol. The van der Waals surface area contributed by atoms with Gasteiger partial charge < -0.3 is 0 Å². The second-order valence-corrected chi connectivity index (χ2v) is 17.5. The topological polar surface area (TPSA) is 38.7 Å². The van der Waals surface area contributed by atoms with Crippen LogP contribution in [-0.2, 0) is 6.42 Å². The summed E-state index contributed by atoms with van der Waals surface area (Å²) in [5, 5.41) is 16.0. The molecule has 274 valence electrons. The molecular formula is C54H37N3Se. The summed E-state index contributed by atoms with van der Waals surface area (Å²) in [6.07, 6.45) is 2.68. The van der Waals surface area contributed by atoms with Gasteiger partial charge in [-0.1, -0.05) is 0 Å². The van der Waals surface area contributed by atoms with E-state index in [1.165, 1.54) is 69.4 Å². The Morgan fingerprint density at radius 3 is 1.88 bits per heavy atom. The Morgan fingerprint density at radius 1 is 0.466 bits per heavy atom. The number of fused-ring (bicyclic) bond motifs is 6. The van der Waals surface area contributed by atoms with E-state index in [0.29, 0.717) is 0 Å². The van der Waals surface area contributed by atoms with Crippen molar-refractivity contribution in [3.63, 3.8) is 0 Å². The molecule has 0 fully saturated rings. The summed E-state index contributed by atoms with van der Waals surface area (Å²) in [5.74, 6) is 0. The Bertz CT molecular complexity index is 3200. The second kappa shape index (κ2) is 14.0. The monoisotopic (exact) mass is 807 g/mol. The Balaban J connectivity index is 1.33. The molecule has 1 aliphatic rings. The normalized spacial score (nSPS) is 11.9. The standard InChI is InChI=1S/C54H37N3Se/c1-33-31-45-39-21-10-9-19-37(39)32-46(45)50(34(33)2)43-27-28-49-54(42-23-13-14-24-48(42)58-49)52(43)44-26-25-40(36-17-7-4-8-18-36)51(53(44)47-29-30-55-57-56-47)41-22-12-11-20-38(41)35-15-5-3-6-16-35/h3-31H,32H2,1-2H3. The van der Waals surface area contributed by atoms with Crippen LogP contribution in [0.15, 0.2) is 176 Å². The van der Waals surface area contributed by atoms with Gasteiger partial charge in [-0.3, -0.25) is 0 Å². The van der Waals surface area contributed by atoms with E-state index < -0.39 is 0 Å². The van der Waals surface area contributed by atoms with Gasteiger partial charge in [0.15, 0.2) is 0 Å². The summed E-state index contributed by atoms with van der Waals surface area (Å²) in [6.45, 7) is 4.59. The fraction of sp³-hybridized carbons (Fsp3) is 0.0556. The number of nitrogens with zero attached hydrogens (tertiary/aromatic N) is 3. The molecule has 10 aromatic rings. The van der Waals surface area contributed by atoms with Crippen LogP contribution < -0.4 is 0 Å². The first-order chi connectivity index (χ1) is 28.6. The van der Waals surface area contributed by atoms with Crippen molar-refractivity contribution in [2.75, 3.05) is 0 Å². The molecule has 0 aliphatic heterocycles. The molecule has 0 saturated carbocycles. The average molecular weight is 807 g/mol. The average Bonchev–Trinajstić information content (AvgIpc) is 3.85. The molecule has 0 saturated heterocycles. The molecule has 8 aromatic carbocycles. The van der Waals surface area contributed by atoms with Gasteiger partial charge in [0.05, 0.1) is 0 Å². The van der Waals surface area contributed by atoms with Gasteiger partial charge >= 0.3 is 346 Å². The number of aromatic nitrogens is 3. The van der Waals surface area contributed by atoms with Crippen LogP contribution in [0, 0.1) is 13.8 Å². The fourth-order valence-corrected chi connectivity index (χ4v) is 11.7. The van der Waals surface area contributed by atoms with Crippen LogP contribution in [0.25, 0.3) is 97.3 Å². The Kier molecular flexibility index (Phi) is 8.36. The van der Waals surface area contributed by atoms with Crippen molar-refractivity contribution < 1.29 is 0 Å². The molecule has 0 unspecified atom stereocenters. The molecule has 11 rings (SSSR count). The van der Waals surface area contributed by atoms with Crippen molar-refractivity contribution in [2.45, 2.75) is 20.3 Å². The number of hydrogen-bond acceptors (Lipinski definition) is 3. The van der Waals surface area contributed by atoms with Gasteiger partial charge in [0, 0.05) is 0 Å². The van der Waals surface area contributed by atoms with Gasteiger partial charge in [0.2, 0.25) is 0 Å². The van der Waals surface area contributed by atoms with Crippen LogP contribution in [0.4, 0.5) is 0 Å². The Hall–Kier alpha value is -6.71. The number of aryl methyl sites for hydroxylation is 1. The summed E-state index contributed by atoms with van der Waals surface area (Å²) < 4.78 is 2.82. The van der Waals surface area contributed by atoms with Crippen LogP contribution in [-0.4, -0.2) is 29.9 Å². The van der Waals surface area contributed by atoms with Crippen LogP contribution in [0.3, 0.4) is 0 Å². The molecule has 0 spiro atoms. The van der Waals surface area contributed by atoms with E-state index in [1.807, 2.05) is 6.07 Å². The first-order valence-electron chi connectivity index (χ1n) is 19.8. The Morgan fingerprint density at radius 2 is 1.10 bits per heavy atom. The number of benzene rings is 8. The van der Waals surface area contributed by atoms with E-state index >= 15 is 0 Å². The third-order valence-corrected chi connectivity index (χ3v) is 14.4. The third-order valence-electron chi connectivity index (χ3n) is 12.0. The maximum atomic E-state index is 4.86. The zero-order valence-electron chi connectivity index (χ0n) is 32.2. The van der Waals surface area contributed by atoms with Gasteiger partial charge in [0.25, 0.3) is 0 Å². The van der Waals surface area contributed by atoms with Crippen LogP contribution in [0.5, 0.6) is 0 Å². The molecule has 3 nitrogen and oxygen atoms in total. The molecular weight excluding hydrogens is 770 g/mol. The van der Waals surface area contributed by atoms with Crippen LogP contribution in [0.2, 0.25) is 0 Å². The summed E-state index contributed by atoms with van der Waals surface area (Å²) >= 11 is 0.169. The van der Waals surface area contributed by atoms with Gasteiger partial charge in [-0.05, 0) is 0 Å².